The standard InChI is InChI=1S/C14H18N2O4S/c1-10-13(18)16(14(10)21(2,19)20)9-12(17)15-8-11-6-4-3-5-7-11/h3-7,10,14H,8-9H2,1-2H3,(H,15,17)/t10-,14+/m0/s1. The van der Waals surface area contributed by atoms with Gasteiger partial charge in [0.15, 0.2) is 9.84 Å². The molecule has 1 saturated heterocycles. The van der Waals surface area contributed by atoms with Crippen LogP contribution in [0.5, 0.6) is 0 Å². The number of benzene rings is 1. The van der Waals surface area contributed by atoms with E-state index in [1.165, 1.54) is 0 Å². The van der Waals surface area contributed by atoms with Gasteiger partial charge in [0.2, 0.25) is 11.8 Å². The summed E-state index contributed by atoms with van der Waals surface area (Å²) in [5, 5.41) is 1.78. The predicted molar refractivity (Wildman–Crippen MR) is 77.8 cm³/mol. The minimum Gasteiger partial charge on any atom is -0.350 e. The fourth-order valence-corrected chi connectivity index (χ4v) is 3.97. The van der Waals surface area contributed by atoms with E-state index >= 15 is 0 Å². The Labute approximate surface area is 124 Å². The summed E-state index contributed by atoms with van der Waals surface area (Å²) in [7, 11) is -3.38. The highest BCUT2D eigenvalue weighted by molar-refractivity contribution is 7.91. The lowest BCUT2D eigenvalue weighted by Gasteiger charge is -2.43. The molecular weight excluding hydrogens is 292 g/mol. The van der Waals surface area contributed by atoms with Gasteiger partial charge in [-0.1, -0.05) is 37.3 Å². The summed E-state index contributed by atoms with van der Waals surface area (Å²) in [6.07, 6.45) is 1.08. The molecule has 1 aliphatic rings. The van der Waals surface area contributed by atoms with Crippen LogP contribution in [0.4, 0.5) is 0 Å². The van der Waals surface area contributed by atoms with E-state index in [2.05, 4.69) is 5.32 Å². The second kappa shape index (κ2) is 5.85. The number of carbonyl (C=O) groups is 2. The average molecular weight is 310 g/mol. The minimum atomic E-state index is -3.38. The molecule has 21 heavy (non-hydrogen) atoms. The van der Waals surface area contributed by atoms with Gasteiger partial charge in [0.25, 0.3) is 0 Å². The Kier molecular flexibility index (Phi) is 4.32. The van der Waals surface area contributed by atoms with Crippen molar-refractivity contribution in [1.82, 2.24) is 10.2 Å². The van der Waals surface area contributed by atoms with Gasteiger partial charge in [-0.05, 0) is 5.56 Å². The van der Waals surface area contributed by atoms with Crippen molar-refractivity contribution in [2.24, 2.45) is 5.92 Å². The molecule has 0 saturated carbocycles. The fraction of sp³-hybridized carbons (Fsp3) is 0.429. The normalized spacial score (nSPS) is 21.8. The molecule has 1 aromatic carbocycles. The number of amides is 2. The topological polar surface area (TPSA) is 83.6 Å². The first kappa shape index (κ1) is 15.5. The molecule has 114 valence electrons. The molecule has 1 heterocycles. The van der Waals surface area contributed by atoms with Crippen LogP contribution in [-0.4, -0.2) is 43.3 Å². The molecule has 1 aliphatic heterocycles. The molecule has 0 unspecified atom stereocenters. The lowest BCUT2D eigenvalue weighted by Crippen LogP contribution is -2.64. The van der Waals surface area contributed by atoms with Crippen LogP contribution in [0.3, 0.4) is 0 Å². The maximum atomic E-state index is 11.8. The van der Waals surface area contributed by atoms with Crippen LogP contribution in [0.25, 0.3) is 0 Å². The number of nitrogens with zero attached hydrogens (tertiary/aromatic N) is 1. The molecule has 0 bridgehead atoms. The molecular formula is C14H18N2O4S. The zero-order chi connectivity index (χ0) is 15.6. The van der Waals surface area contributed by atoms with Crippen molar-refractivity contribution in [3.8, 4) is 0 Å². The van der Waals surface area contributed by atoms with Crippen molar-refractivity contribution < 1.29 is 18.0 Å². The Morgan fingerprint density at radius 3 is 2.48 bits per heavy atom. The Bertz CT molecular complexity index is 642. The van der Waals surface area contributed by atoms with Crippen LogP contribution < -0.4 is 5.32 Å². The highest BCUT2D eigenvalue weighted by Crippen LogP contribution is 2.29. The summed E-state index contributed by atoms with van der Waals surface area (Å²) in [5.41, 5.74) is 0.939. The van der Waals surface area contributed by atoms with E-state index in [4.69, 9.17) is 0 Å². The second-order valence-electron chi connectivity index (χ2n) is 5.24. The number of β-lactam (4-membered cyclic amide) rings is 1. The minimum absolute atomic E-state index is 0.228. The number of hydrogen-bond acceptors (Lipinski definition) is 4. The predicted octanol–water partition coefficient (Wildman–Crippen LogP) is 0.152. The number of nitrogens with one attached hydrogen (secondary N) is 1. The average Bonchev–Trinajstić information content (AvgIpc) is 2.44. The van der Waals surface area contributed by atoms with E-state index in [9.17, 15) is 18.0 Å². The van der Waals surface area contributed by atoms with E-state index in [0.717, 1.165) is 16.7 Å². The quantitative estimate of drug-likeness (QED) is 0.785. The van der Waals surface area contributed by atoms with Crippen LogP contribution in [0.1, 0.15) is 12.5 Å². The monoisotopic (exact) mass is 310 g/mol. The Hall–Kier alpha value is -1.89. The number of rotatable bonds is 5. The van der Waals surface area contributed by atoms with Gasteiger partial charge in [0.05, 0.1) is 5.92 Å². The maximum Gasteiger partial charge on any atom is 0.239 e. The molecule has 0 aromatic heterocycles. The largest absolute Gasteiger partial charge is 0.350 e. The smallest absolute Gasteiger partial charge is 0.239 e. The van der Waals surface area contributed by atoms with Crippen LogP contribution >= 0.6 is 0 Å². The Balaban J connectivity index is 1.92. The van der Waals surface area contributed by atoms with Gasteiger partial charge in [-0.3, -0.25) is 9.59 Å². The van der Waals surface area contributed by atoms with E-state index in [1.807, 2.05) is 30.3 Å². The third-order valence-electron chi connectivity index (χ3n) is 3.49. The third kappa shape index (κ3) is 3.41. The molecule has 0 radical (unpaired) electrons. The lowest BCUT2D eigenvalue weighted by atomic mass is 10.0. The van der Waals surface area contributed by atoms with Gasteiger partial charge in [-0.15, -0.1) is 0 Å². The highest BCUT2D eigenvalue weighted by Gasteiger charge is 2.50. The summed E-state index contributed by atoms with van der Waals surface area (Å²) in [6, 6.07) is 9.35. The van der Waals surface area contributed by atoms with Crippen LogP contribution in [0.15, 0.2) is 30.3 Å². The second-order valence-corrected chi connectivity index (χ2v) is 7.38. The molecule has 7 heteroatoms. The molecule has 1 N–H and O–H groups in total. The van der Waals surface area contributed by atoms with E-state index in [0.29, 0.717) is 6.54 Å². The Morgan fingerprint density at radius 1 is 1.29 bits per heavy atom. The number of carbonyl (C=O) groups excluding carboxylic acids is 2. The molecule has 1 fully saturated rings. The number of hydrogen-bond donors (Lipinski definition) is 1. The highest BCUT2D eigenvalue weighted by atomic mass is 32.2. The molecule has 2 rings (SSSR count). The number of sulfone groups is 1. The Morgan fingerprint density at radius 2 is 1.90 bits per heavy atom. The van der Waals surface area contributed by atoms with Crippen molar-refractivity contribution in [1.29, 1.82) is 0 Å². The van der Waals surface area contributed by atoms with Gasteiger partial charge in [0, 0.05) is 12.8 Å². The first-order chi connectivity index (χ1) is 9.80. The summed E-state index contributed by atoms with van der Waals surface area (Å²) < 4.78 is 23.2. The first-order valence-electron chi connectivity index (χ1n) is 6.60. The van der Waals surface area contributed by atoms with Crippen LogP contribution in [-0.2, 0) is 26.0 Å². The van der Waals surface area contributed by atoms with Gasteiger partial charge in [0.1, 0.15) is 11.9 Å². The summed E-state index contributed by atoms with van der Waals surface area (Å²) >= 11 is 0. The summed E-state index contributed by atoms with van der Waals surface area (Å²) in [4.78, 5) is 24.7. The van der Waals surface area contributed by atoms with E-state index in [-0.39, 0.29) is 18.4 Å². The molecule has 2 atom stereocenters. The zero-order valence-corrected chi connectivity index (χ0v) is 12.8. The molecule has 1 aromatic rings. The molecule has 6 nitrogen and oxygen atoms in total. The lowest BCUT2D eigenvalue weighted by molar-refractivity contribution is -0.152. The molecule has 0 spiro atoms. The third-order valence-corrected chi connectivity index (χ3v) is 5.03. The summed E-state index contributed by atoms with van der Waals surface area (Å²) in [6.45, 7) is 1.68. The van der Waals surface area contributed by atoms with E-state index in [1.54, 1.807) is 6.92 Å². The maximum absolute atomic E-state index is 11.8. The fourth-order valence-electron chi connectivity index (χ4n) is 2.47. The zero-order valence-electron chi connectivity index (χ0n) is 11.9. The molecule has 2 amide bonds. The number of likely N-dealkylation sites (tertiary alicyclic amines) is 1. The van der Waals surface area contributed by atoms with Gasteiger partial charge in [-0.2, -0.15) is 0 Å². The van der Waals surface area contributed by atoms with Crippen molar-refractivity contribution in [2.75, 3.05) is 12.8 Å². The van der Waals surface area contributed by atoms with Crippen molar-refractivity contribution in [3.05, 3.63) is 35.9 Å². The van der Waals surface area contributed by atoms with Gasteiger partial charge < -0.3 is 10.2 Å². The summed E-state index contributed by atoms with van der Waals surface area (Å²) in [5.74, 6) is -1.25. The van der Waals surface area contributed by atoms with Gasteiger partial charge in [-0.25, -0.2) is 8.42 Å². The molecule has 0 aliphatic carbocycles. The van der Waals surface area contributed by atoms with E-state index < -0.39 is 21.1 Å². The van der Waals surface area contributed by atoms with Crippen molar-refractivity contribution in [3.63, 3.8) is 0 Å². The SMILES string of the molecule is C[C@H]1C(=O)N(CC(=O)NCc2ccccc2)[C@@H]1S(C)(=O)=O. The van der Waals surface area contributed by atoms with Crippen molar-refractivity contribution >= 4 is 21.7 Å². The van der Waals surface area contributed by atoms with Crippen LogP contribution in [0.2, 0.25) is 0 Å². The van der Waals surface area contributed by atoms with Gasteiger partial charge >= 0.3 is 0 Å². The first-order valence-corrected chi connectivity index (χ1v) is 8.56. The van der Waals surface area contributed by atoms with Crippen LogP contribution in [0, 0.1) is 5.92 Å². The van der Waals surface area contributed by atoms with Crippen molar-refractivity contribution in [2.45, 2.75) is 18.8 Å².